The molecule has 2 aromatic carbocycles. The van der Waals surface area contributed by atoms with Gasteiger partial charge in [-0.05, 0) is 49.2 Å². The smallest absolute Gasteiger partial charge is 0.256 e. The predicted octanol–water partition coefficient (Wildman–Crippen LogP) is 3.39. The molecular weight excluding hydrogens is 316 g/mol. The van der Waals surface area contributed by atoms with Crippen molar-refractivity contribution in [2.24, 2.45) is 0 Å². The van der Waals surface area contributed by atoms with Gasteiger partial charge in [0, 0.05) is 5.69 Å². The first-order valence-corrected chi connectivity index (χ1v) is 8.58. The number of ether oxygens (including phenoxy) is 1. The van der Waals surface area contributed by atoms with Gasteiger partial charge in [-0.3, -0.25) is 9.59 Å². The largest absolute Gasteiger partial charge is 0.494 e. The maximum atomic E-state index is 12.8. The molecular formula is C20H22N2O3. The molecule has 1 aliphatic heterocycles. The van der Waals surface area contributed by atoms with Gasteiger partial charge in [0.2, 0.25) is 5.91 Å². The van der Waals surface area contributed by atoms with Crippen molar-refractivity contribution in [2.75, 3.05) is 16.8 Å². The first-order chi connectivity index (χ1) is 12.1. The molecule has 1 heterocycles. The molecule has 2 aromatic rings. The number of anilines is 2. The lowest BCUT2D eigenvalue weighted by Gasteiger charge is -2.19. The van der Waals surface area contributed by atoms with Crippen LogP contribution in [0.15, 0.2) is 48.5 Å². The van der Waals surface area contributed by atoms with Crippen LogP contribution < -0.4 is 15.0 Å². The van der Waals surface area contributed by atoms with Gasteiger partial charge in [0.1, 0.15) is 11.8 Å². The second-order valence-electron chi connectivity index (χ2n) is 5.91. The predicted molar refractivity (Wildman–Crippen MR) is 98.0 cm³/mol. The number of para-hydroxylation sites is 1. The van der Waals surface area contributed by atoms with Crippen LogP contribution in [0, 0.1) is 0 Å². The Kier molecular flexibility index (Phi) is 5.03. The van der Waals surface area contributed by atoms with Crippen molar-refractivity contribution in [3.05, 3.63) is 54.1 Å². The standard InChI is InChI=1S/C20H22N2O3/c1-3-14-7-5-6-8-18(14)22-19(23)13-17(20(22)24)21-15-9-11-16(12-10-15)25-4-2/h5-12,17,21H,3-4,13H2,1-2H3. The van der Waals surface area contributed by atoms with Gasteiger partial charge < -0.3 is 10.1 Å². The second kappa shape index (κ2) is 7.38. The fourth-order valence-corrected chi connectivity index (χ4v) is 3.04. The van der Waals surface area contributed by atoms with Crippen molar-refractivity contribution >= 4 is 23.2 Å². The molecule has 3 rings (SSSR count). The maximum absolute atomic E-state index is 12.8. The summed E-state index contributed by atoms with van der Waals surface area (Å²) in [7, 11) is 0. The number of amides is 2. The Morgan fingerprint density at radius 3 is 2.48 bits per heavy atom. The lowest BCUT2D eigenvalue weighted by molar-refractivity contribution is -0.121. The van der Waals surface area contributed by atoms with Gasteiger partial charge >= 0.3 is 0 Å². The SMILES string of the molecule is CCOc1ccc(NC2CC(=O)N(c3ccccc3CC)C2=O)cc1. The number of hydrogen-bond donors (Lipinski definition) is 1. The minimum absolute atomic E-state index is 0.157. The van der Waals surface area contributed by atoms with Gasteiger partial charge in [0.15, 0.2) is 0 Å². The molecule has 2 amide bonds. The van der Waals surface area contributed by atoms with E-state index in [4.69, 9.17) is 4.74 Å². The second-order valence-corrected chi connectivity index (χ2v) is 5.91. The van der Waals surface area contributed by atoms with E-state index >= 15 is 0 Å². The minimum Gasteiger partial charge on any atom is -0.494 e. The number of nitrogens with zero attached hydrogens (tertiary/aromatic N) is 1. The van der Waals surface area contributed by atoms with Crippen molar-refractivity contribution in [2.45, 2.75) is 32.7 Å². The molecule has 25 heavy (non-hydrogen) atoms. The molecule has 1 fully saturated rings. The van der Waals surface area contributed by atoms with E-state index in [9.17, 15) is 9.59 Å². The summed E-state index contributed by atoms with van der Waals surface area (Å²) in [4.78, 5) is 26.5. The number of carbonyl (C=O) groups excluding carboxylic acids is 2. The van der Waals surface area contributed by atoms with Crippen LogP contribution in [0.2, 0.25) is 0 Å². The average Bonchev–Trinajstić information content (AvgIpc) is 2.90. The van der Waals surface area contributed by atoms with Crippen LogP contribution in [0.5, 0.6) is 5.75 Å². The summed E-state index contributed by atoms with van der Waals surface area (Å²) in [6, 6.07) is 14.4. The first-order valence-electron chi connectivity index (χ1n) is 8.58. The van der Waals surface area contributed by atoms with E-state index < -0.39 is 6.04 Å². The molecule has 5 nitrogen and oxygen atoms in total. The third-order valence-corrected chi connectivity index (χ3v) is 4.27. The number of nitrogens with one attached hydrogen (secondary N) is 1. The molecule has 0 radical (unpaired) electrons. The van der Waals surface area contributed by atoms with Crippen molar-refractivity contribution in [1.82, 2.24) is 0 Å². The lowest BCUT2D eigenvalue weighted by atomic mass is 10.1. The maximum Gasteiger partial charge on any atom is 0.256 e. The highest BCUT2D eigenvalue weighted by Gasteiger charge is 2.40. The Morgan fingerprint density at radius 1 is 1.08 bits per heavy atom. The topological polar surface area (TPSA) is 58.6 Å². The van der Waals surface area contributed by atoms with Gasteiger partial charge in [-0.15, -0.1) is 0 Å². The van der Waals surface area contributed by atoms with E-state index in [0.29, 0.717) is 12.3 Å². The van der Waals surface area contributed by atoms with E-state index in [1.807, 2.05) is 62.4 Å². The fourth-order valence-electron chi connectivity index (χ4n) is 3.04. The Labute approximate surface area is 147 Å². The highest BCUT2D eigenvalue weighted by molar-refractivity contribution is 6.23. The van der Waals surface area contributed by atoms with Crippen LogP contribution in [0.1, 0.15) is 25.8 Å². The van der Waals surface area contributed by atoms with Crippen LogP contribution in [0.25, 0.3) is 0 Å². The number of benzene rings is 2. The highest BCUT2D eigenvalue weighted by Crippen LogP contribution is 2.28. The third-order valence-electron chi connectivity index (χ3n) is 4.27. The molecule has 0 aromatic heterocycles. The lowest BCUT2D eigenvalue weighted by Crippen LogP contribution is -2.35. The average molecular weight is 338 g/mol. The van der Waals surface area contributed by atoms with Gasteiger partial charge in [-0.25, -0.2) is 4.90 Å². The Bertz CT molecular complexity index is 771. The van der Waals surface area contributed by atoms with Crippen LogP contribution >= 0.6 is 0 Å². The quantitative estimate of drug-likeness (QED) is 0.820. The summed E-state index contributed by atoms with van der Waals surface area (Å²) in [6.45, 7) is 4.55. The molecule has 1 saturated heterocycles. The zero-order valence-corrected chi connectivity index (χ0v) is 14.5. The third kappa shape index (κ3) is 3.50. The highest BCUT2D eigenvalue weighted by atomic mass is 16.5. The van der Waals surface area contributed by atoms with E-state index in [2.05, 4.69) is 5.32 Å². The van der Waals surface area contributed by atoms with E-state index in [-0.39, 0.29) is 18.2 Å². The van der Waals surface area contributed by atoms with Gasteiger partial charge in [-0.2, -0.15) is 0 Å². The van der Waals surface area contributed by atoms with E-state index in [1.165, 1.54) is 4.90 Å². The van der Waals surface area contributed by atoms with Crippen molar-refractivity contribution in [1.29, 1.82) is 0 Å². The molecule has 1 unspecified atom stereocenters. The number of hydrogen-bond acceptors (Lipinski definition) is 4. The molecule has 0 saturated carbocycles. The molecule has 1 N–H and O–H groups in total. The first kappa shape index (κ1) is 17.0. The Hall–Kier alpha value is -2.82. The summed E-state index contributed by atoms with van der Waals surface area (Å²) in [5.74, 6) is 0.398. The minimum atomic E-state index is -0.546. The molecule has 0 aliphatic carbocycles. The summed E-state index contributed by atoms with van der Waals surface area (Å²) >= 11 is 0. The zero-order valence-electron chi connectivity index (χ0n) is 14.5. The van der Waals surface area contributed by atoms with Gasteiger partial charge in [0.25, 0.3) is 5.91 Å². The zero-order chi connectivity index (χ0) is 17.8. The molecule has 0 bridgehead atoms. The van der Waals surface area contributed by atoms with Crippen molar-refractivity contribution in [3.8, 4) is 5.75 Å². The molecule has 1 atom stereocenters. The normalized spacial score (nSPS) is 17.0. The van der Waals surface area contributed by atoms with E-state index in [1.54, 1.807) is 0 Å². The molecule has 1 aliphatic rings. The summed E-state index contributed by atoms with van der Waals surface area (Å²) in [6.07, 6.45) is 0.925. The monoisotopic (exact) mass is 338 g/mol. The van der Waals surface area contributed by atoms with Crippen molar-refractivity contribution in [3.63, 3.8) is 0 Å². The number of imide groups is 1. The van der Waals surface area contributed by atoms with Crippen LogP contribution in [-0.2, 0) is 16.0 Å². The van der Waals surface area contributed by atoms with Crippen LogP contribution in [-0.4, -0.2) is 24.5 Å². The summed E-state index contributed by atoms with van der Waals surface area (Å²) in [5.41, 5.74) is 2.47. The fraction of sp³-hybridized carbons (Fsp3) is 0.300. The number of carbonyl (C=O) groups is 2. The summed E-state index contributed by atoms with van der Waals surface area (Å²) < 4.78 is 5.41. The Balaban J connectivity index is 1.77. The van der Waals surface area contributed by atoms with E-state index in [0.717, 1.165) is 23.4 Å². The molecule has 5 heteroatoms. The number of aryl methyl sites for hydroxylation is 1. The van der Waals surface area contributed by atoms with Gasteiger partial charge in [0.05, 0.1) is 18.7 Å². The summed E-state index contributed by atoms with van der Waals surface area (Å²) in [5, 5.41) is 3.16. The molecule has 130 valence electrons. The van der Waals surface area contributed by atoms with Gasteiger partial charge in [-0.1, -0.05) is 25.1 Å². The number of rotatable bonds is 6. The van der Waals surface area contributed by atoms with Crippen LogP contribution in [0.4, 0.5) is 11.4 Å². The van der Waals surface area contributed by atoms with Crippen LogP contribution in [0.3, 0.4) is 0 Å². The van der Waals surface area contributed by atoms with Crippen molar-refractivity contribution < 1.29 is 14.3 Å². The molecule has 0 spiro atoms. The Morgan fingerprint density at radius 2 is 1.80 bits per heavy atom.